The van der Waals surface area contributed by atoms with E-state index in [4.69, 9.17) is 0 Å². The van der Waals surface area contributed by atoms with Gasteiger partial charge in [-0.25, -0.2) is 4.98 Å². The highest BCUT2D eigenvalue weighted by Gasteiger charge is 2.18. The molecule has 1 aromatic heterocycles. The zero-order valence-electron chi connectivity index (χ0n) is 13.4. The second-order valence-electron chi connectivity index (χ2n) is 5.78. The molecule has 0 aliphatic rings. The molecule has 0 radical (unpaired) electrons. The predicted octanol–water partition coefficient (Wildman–Crippen LogP) is 1.44. The van der Waals surface area contributed by atoms with Gasteiger partial charge in [-0.05, 0) is 40.0 Å². The van der Waals surface area contributed by atoms with Gasteiger partial charge >= 0.3 is 0 Å². The average Bonchev–Trinajstić information content (AvgIpc) is 2.45. The van der Waals surface area contributed by atoms with Gasteiger partial charge in [-0.3, -0.25) is 14.5 Å². The Morgan fingerprint density at radius 2 is 2.00 bits per heavy atom. The second-order valence-corrected chi connectivity index (χ2v) is 5.78. The molecule has 6 heteroatoms. The van der Waals surface area contributed by atoms with E-state index in [9.17, 15) is 9.59 Å². The van der Waals surface area contributed by atoms with Crippen LogP contribution in [0.15, 0.2) is 29.1 Å². The monoisotopic (exact) mass is 302 g/mol. The molecule has 1 amide bonds. The molecule has 0 saturated carbocycles. The van der Waals surface area contributed by atoms with Gasteiger partial charge in [0.1, 0.15) is 5.82 Å². The summed E-state index contributed by atoms with van der Waals surface area (Å²) in [5.74, 6) is 0.510. The summed E-state index contributed by atoms with van der Waals surface area (Å²) in [5, 5.41) is 3.42. The Hall–Kier alpha value is -2.21. The number of hydrogen-bond acceptors (Lipinski definition) is 4. The Kier molecular flexibility index (Phi) is 4.92. The van der Waals surface area contributed by atoms with Crippen molar-refractivity contribution >= 4 is 16.8 Å². The highest BCUT2D eigenvalue weighted by atomic mass is 16.2. The van der Waals surface area contributed by atoms with Gasteiger partial charge in [-0.2, -0.15) is 0 Å². The summed E-state index contributed by atoms with van der Waals surface area (Å²) >= 11 is 0. The molecular formula is C16H22N4O2. The van der Waals surface area contributed by atoms with E-state index in [1.54, 1.807) is 6.07 Å². The second kappa shape index (κ2) is 6.70. The third kappa shape index (κ3) is 3.71. The minimum absolute atomic E-state index is 0.0486. The fourth-order valence-corrected chi connectivity index (χ4v) is 2.24. The van der Waals surface area contributed by atoms with E-state index in [0.29, 0.717) is 16.7 Å². The molecule has 0 unspecified atom stereocenters. The molecule has 2 rings (SSSR count). The van der Waals surface area contributed by atoms with E-state index < -0.39 is 0 Å². The van der Waals surface area contributed by atoms with E-state index in [1.807, 2.05) is 50.9 Å². The van der Waals surface area contributed by atoms with E-state index in [0.717, 1.165) is 0 Å². The lowest BCUT2D eigenvalue weighted by molar-refractivity contribution is -0.122. The molecule has 22 heavy (non-hydrogen) atoms. The van der Waals surface area contributed by atoms with Gasteiger partial charge in [-0.15, -0.1) is 0 Å². The van der Waals surface area contributed by atoms with E-state index in [1.165, 1.54) is 0 Å². The normalized spacial score (nSPS) is 12.8. The molecule has 2 aromatic rings. The van der Waals surface area contributed by atoms with Crippen LogP contribution in [-0.4, -0.2) is 40.4 Å². The van der Waals surface area contributed by atoms with Gasteiger partial charge in [0.25, 0.3) is 5.56 Å². The third-order valence-corrected chi connectivity index (χ3v) is 3.53. The van der Waals surface area contributed by atoms with Gasteiger partial charge in [0.15, 0.2) is 0 Å². The molecular weight excluding hydrogens is 280 g/mol. The molecule has 1 atom stereocenters. The largest absolute Gasteiger partial charge is 0.353 e. The number of carbonyl (C=O) groups is 1. The van der Waals surface area contributed by atoms with Crippen LogP contribution in [0, 0.1) is 0 Å². The maximum Gasteiger partial charge on any atom is 0.258 e. The molecule has 0 saturated heterocycles. The van der Waals surface area contributed by atoms with E-state index >= 15 is 0 Å². The number of amides is 1. The standard InChI is InChI=1S/C16H22N4O2/c1-10(2)17-14(21)9-20(4)11(3)15-18-13-8-6-5-7-12(13)16(22)19-15/h5-8,10-11H,9H2,1-4H3,(H,17,21)(H,18,19,22)/t11-/m1/s1. The molecule has 118 valence electrons. The Labute approximate surface area is 129 Å². The maximum absolute atomic E-state index is 12.1. The van der Waals surface area contributed by atoms with Crippen LogP contribution < -0.4 is 10.9 Å². The first-order valence-electron chi connectivity index (χ1n) is 7.37. The number of aromatic nitrogens is 2. The first kappa shape index (κ1) is 16.2. The highest BCUT2D eigenvalue weighted by Crippen LogP contribution is 2.15. The number of likely N-dealkylation sites (N-methyl/N-ethyl adjacent to an activating group) is 1. The third-order valence-electron chi connectivity index (χ3n) is 3.53. The number of aromatic amines is 1. The summed E-state index contributed by atoms with van der Waals surface area (Å²) < 4.78 is 0. The summed E-state index contributed by atoms with van der Waals surface area (Å²) in [4.78, 5) is 33.1. The predicted molar refractivity (Wildman–Crippen MR) is 86.7 cm³/mol. The molecule has 1 aromatic carbocycles. The summed E-state index contributed by atoms with van der Waals surface area (Å²) in [7, 11) is 1.83. The van der Waals surface area contributed by atoms with Crippen LogP contribution in [-0.2, 0) is 4.79 Å². The van der Waals surface area contributed by atoms with Crippen LogP contribution in [0.2, 0.25) is 0 Å². The van der Waals surface area contributed by atoms with Crippen molar-refractivity contribution in [3.05, 3.63) is 40.4 Å². The number of para-hydroxylation sites is 1. The highest BCUT2D eigenvalue weighted by molar-refractivity contribution is 5.78. The maximum atomic E-state index is 12.1. The smallest absolute Gasteiger partial charge is 0.258 e. The number of benzene rings is 1. The zero-order valence-corrected chi connectivity index (χ0v) is 13.4. The molecule has 0 bridgehead atoms. The number of fused-ring (bicyclic) bond motifs is 1. The molecule has 6 nitrogen and oxygen atoms in total. The van der Waals surface area contributed by atoms with Crippen molar-refractivity contribution in [1.29, 1.82) is 0 Å². The van der Waals surface area contributed by atoms with Crippen molar-refractivity contribution in [3.8, 4) is 0 Å². The van der Waals surface area contributed by atoms with E-state index in [2.05, 4.69) is 15.3 Å². The van der Waals surface area contributed by atoms with Crippen molar-refractivity contribution in [1.82, 2.24) is 20.2 Å². The SMILES string of the molecule is CC(C)NC(=O)CN(C)[C@H](C)c1nc2ccccc2c(=O)[nH]1. The first-order chi connectivity index (χ1) is 10.4. The van der Waals surface area contributed by atoms with Crippen molar-refractivity contribution in [2.75, 3.05) is 13.6 Å². The lowest BCUT2D eigenvalue weighted by Gasteiger charge is -2.23. The van der Waals surface area contributed by atoms with Gasteiger partial charge < -0.3 is 10.3 Å². The topological polar surface area (TPSA) is 78.1 Å². The minimum atomic E-state index is -0.171. The fraction of sp³-hybridized carbons (Fsp3) is 0.438. The number of carbonyl (C=O) groups excluding carboxylic acids is 1. The zero-order chi connectivity index (χ0) is 16.3. The summed E-state index contributed by atoms with van der Waals surface area (Å²) in [6, 6.07) is 7.15. The molecule has 0 spiro atoms. The Morgan fingerprint density at radius 3 is 2.68 bits per heavy atom. The van der Waals surface area contributed by atoms with Gasteiger partial charge in [0.2, 0.25) is 5.91 Å². The molecule has 0 aliphatic heterocycles. The number of nitrogens with zero attached hydrogens (tertiary/aromatic N) is 2. The van der Waals surface area contributed by atoms with Gasteiger partial charge in [-0.1, -0.05) is 12.1 Å². The number of nitrogens with one attached hydrogen (secondary N) is 2. The van der Waals surface area contributed by atoms with Gasteiger partial charge in [0, 0.05) is 6.04 Å². The molecule has 0 fully saturated rings. The van der Waals surface area contributed by atoms with Crippen molar-refractivity contribution < 1.29 is 4.79 Å². The number of H-pyrrole nitrogens is 1. The Bertz CT molecular complexity index is 723. The van der Waals surface area contributed by atoms with Crippen LogP contribution in [0.3, 0.4) is 0 Å². The number of rotatable bonds is 5. The minimum Gasteiger partial charge on any atom is -0.353 e. The molecule has 1 heterocycles. The lowest BCUT2D eigenvalue weighted by Crippen LogP contribution is -2.39. The van der Waals surface area contributed by atoms with Crippen LogP contribution >= 0.6 is 0 Å². The van der Waals surface area contributed by atoms with Crippen molar-refractivity contribution in [3.63, 3.8) is 0 Å². The van der Waals surface area contributed by atoms with E-state index in [-0.39, 0.29) is 30.1 Å². The van der Waals surface area contributed by atoms with Crippen molar-refractivity contribution in [2.24, 2.45) is 0 Å². The average molecular weight is 302 g/mol. The molecule has 2 N–H and O–H groups in total. The summed E-state index contributed by atoms with van der Waals surface area (Å²) in [6.07, 6.45) is 0. The van der Waals surface area contributed by atoms with Gasteiger partial charge in [0.05, 0.1) is 23.5 Å². The Balaban J connectivity index is 2.20. The van der Waals surface area contributed by atoms with Crippen LogP contribution in [0.5, 0.6) is 0 Å². The lowest BCUT2D eigenvalue weighted by atomic mass is 10.2. The van der Waals surface area contributed by atoms with Crippen LogP contribution in [0.4, 0.5) is 0 Å². The first-order valence-corrected chi connectivity index (χ1v) is 7.37. The fourth-order valence-electron chi connectivity index (χ4n) is 2.24. The number of hydrogen-bond donors (Lipinski definition) is 2. The van der Waals surface area contributed by atoms with Crippen molar-refractivity contribution in [2.45, 2.75) is 32.9 Å². The molecule has 0 aliphatic carbocycles. The Morgan fingerprint density at radius 1 is 1.32 bits per heavy atom. The summed E-state index contributed by atoms with van der Waals surface area (Å²) in [6.45, 7) is 6.00. The van der Waals surface area contributed by atoms with Crippen LogP contribution in [0.1, 0.15) is 32.6 Å². The summed E-state index contributed by atoms with van der Waals surface area (Å²) in [5.41, 5.74) is 0.501. The quantitative estimate of drug-likeness (QED) is 0.876. The van der Waals surface area contributed by atoms with Crippen LogP contribution in [0.25, 0.3) is 10.9 Å².